The number of nitrogens with two attached hydrogens (primary N) is 1. The van der Waals surface area contributed by atoms with E-state index < -0.39 is 0 Å². The van der Waals surface area contributed by atoms with Gasteiger partial charge >= 0.3 is 0 Å². The van der Waals surface area contributed by atoms with Gasteiger partial charge in [0.1, 0.15) is 5.15 Å². The van der Waals surface area contributed by atoms with Gasteiger partial charge in [-0.2, -0.15) is 0 Å². The Morgan fingerprint density at radius 1 is 1.42 bits per heavy atom. The van der Waals surface area contributed by atoms with Crippen LogP contribution in [-0.4, -0.2) is 48.7 Å². The van der Waals surface area contributed by atoms with Gasteiger partial charge in [-0.05, 0) is 18.1 Å². The zero-order valence-electron chi connectivity index (χ0n) is 10.6. The fourth-order valence-electron chi connectivity index (χ4n) is 1.75. The van der Waals surface area contributed by atoms with Gasteiger partial charge in [0.25, 0.3) is 0 Å². The number of hydrogen-bond donors (Lipinski definition) is 1. The Hall–Kier alpha value is -0.600. The zero-order chi connectivity index (χ0) is 12.8. The number of guanidine groups is 1. The van der Waals surface area contributed by atoms with Crippen LogP contribution >= 0.6 is 35.6 Å². The first-order valence-electron chi connectivity index (χ1n) is 5.99. The average molecular weight is 397 g/mol. The summed E-state index contributed by atoms with van der Waals surface area (Å²) in [6.07, 6.45) is 2.58. The lowest BCUT2D eigenvalue weighted by atomic mass is 10.2. The summed E-state index contributed by atoms with van der Waals surface area (Å²) in [6, 6.07) is 3.74. The number of ether oxygens (including phenoxy) is 1. The summed E-state index contributed by atoms with van der Waals surface area (Å²) < 4.78 is 5.26. The summed E-state index contributed by atoms with van der Waals surface area (Å²) in [7, 11) is 0. The molecule has 2 heterocycles. The van der Waals surface area contributed by atoms with E-state index in [0.29, 0.717) is 17.7 Å². The van der Waals surface area contributed by atoms with Gasteiger partial charge in [0.05, 0.1) is 13.2 Å². The van der Waals surface area contributed by atoms with E-state index in [1.54, 1.807) is 12.3 Å². The first kappa shape index (κ1) is 16.5. The molecule has 0 radical (unpaired) electrons. The van der Waals surface area contributed by atoms with E-state index in [2.05, 4.69) is 9.98 Å². The predicted molar refractivity (Wildman–Crippen MR) is 87.2 cm³/mol. The Labute approximate surface area is 135 Å². The lowest BCUT2D eigenvalue weighted by Crippen LogP contribution is -2.44. The normalized spacial score (nSPS) is 16.1. The van der Waals surface area contributed by atoms with E-state index in [-0.39, 0.29) is 24.0 Å². The summed E-state index contributed by atoms with van der Waals surface area (Å²) in [5, 5.41) is 0.509. The second-order valence-corrected chi connectivity index (χ2v) is 4.47. The Balaban J connectivity index is 0.00000180. The summed E-state index contributed by atoms with van der Waals surface area (Å²) in [5.74, 6) is 0.597. The number of aromatic nitrogens is 1. The van der Waals surface area contributed by atoms with Crippen LogP contribution in [0, 0.1) is 0 Å². The van der Waals surface area contributed by atoms with Gasteiger partial charge in [-0.25, -0.2) is 4.98 Å². The van der Waals surface area contributed by atoms with E-state index in [1.165, 1.54) is 0 Å². The molecule has 1 aromatic rings. The molecule has 0 spiro atoms. The highest BCUT2D eigenvalue weighted by molar-refractivity contribution is 14.0. The molecule has 0 amide bonds. The monoisotopic (exact) mass is 396 g/mol. The first-order valence-corrected chi connectivity index (χ1v) is 6.36. The van der Waals surface area contributed by atoms with E-state index >= 15 is 0 Å². The quantitative estimate of drug-likeness (QED) is 0.364. The molecule has 0 unspecified atom stereocenters. The number of rotatable bonds is 3. The van der Waals surface area contributed by atoms with E-state index in [9.17, 15) is 0 Å². The van der Waals surface area contributed by atoms with Crippen LogP contribution in [0.2, 0.25) is 5.15 Å². The van der Waals surface area contributed by atoms with Crippen LogP contribution in [0.1, 0.15) is 5.56 Å². The van der Waals surface area contributed by atoms with E-state index in [0.717, 1.165) is 38.3 Å². The standard InChI is InChI=1S/C12H17ClN4O.HI/c13-11-2-1-10(9-16-11)3-4-15-12(14)17-5-7-18-8-6-17;/h1-2,9H,3-8H2,(H2,14,15);1H. The first-order chi connectivity index (χ1) is 8.75. The Bertz CT molecular complexity index is 407. The number of pyridine rings is 1. The van der Waals surface area contributed by atoms with Crippen molar-refractivity contribution in [2.24, 2.45) is 10.7 Å². The molecular weight excluding hydrogens is 379 g/mol. The molecule has 0 aromatic carbocycles. The van der Waals surface area contributed by atoms with Crippen molar-refractivity contribution in [3.8, 4) is 0 Å². The highest BCUT2D eigenvalue weighted by Gasteiger charge is 2.11. The molecule has 1 aliphatic rings. The van der Waals surface area contributed by atoms with Gasteiger partial charge in [-0.15, -0.1) is 24.0 Å². The van der Waals surface area contributed by atoms with Crippen molar-refractivity contribution in [2.45, 2.75) is 6.42 Å². The summed E-state index contributed by atoms with van der Waals surface area (Å²) >= 11 is 5.72. The molecule has 106 valence electrons. The SMILES string of the molecule is I.NC(=NCCc1ccc(Cl)nc1)N1CCOCC1. The fraction of sp³-hybridized carbons (Fsp3) is 0.500. The maximum Gasteiger partial charge on any atom is 0.191 e. The molecule has 7 heteroatoms. The van der Waals surface area contributed by atoms with Crippen molar-refractivity contribution in [1.29, 1.82) is 0 Å². The number of nitrogens with zero attached hydrogens (tertiary/aromatic N) is 3. The van der Waals surface area contributed by atoms with Gasteiger partial charge in [0.15, 0.2) is 5.96 Å². The molecule has 5 nitrogen and oxygen atoms in total. The molecule has 0 bridgehead atoms. The Kier molecular flexibility index (Phi) is 7.40. The highest BCUT2D eigenvalue weighted by atomic mass is 127. The summed E-state index contributed by atoms with van der Waals surface area (Å²) in [6.45, 7) is 3.73. The number of hydrogen-bond acceptors (Lipinski definition) is 3. The zero-order valence-corrected chi connectivity index (χ0v) is 13.7. The van der Waals surface area contributed by atoms with E-state index in [4.69, 9.17) is 22.1 Å². The Morgan fingerprint density at radius 3 is 2.79 bits per heavy atom. The van der Waals surface area contributed by atoms with Crippen LogP contribution < -0.4 is 5.73 Å². The molecule has 0 aliphatic carbocycles. The number of aliphatic imine (C=N–C) groups is 1. The minimum absolute atomic E-state index is 0. The second-order valence-electron chi connectivity index (χ2n) is 4.08. The molecular formula is C12H18ClIN4O. The third-order valence-corrected chi connectivity index (χ3v) is 3.02. The van der Waals surface area contributed by atoms with Gasteiger partial charge in [-0.1, -0.05) is 17.7 Å². The number of morpholine rings is 1. The second kappa shape index (κ2) is 8.55. The molecule has 1 aromatic heterocycles. The van der Waals surface area contributed by atoms with Crippen LogP contribution in [0.15, 0.2) is 23.3 Å². The van der Waals surface area contributed by atoms with Crippen molar-refractivity contribution in [3.63, 3.8) is 0 Å². The van der Waals surface area contributed by atoms with Crippen LogP contribution in [-0.2, 0) is 11.2 Å². The van der Waals surface area contributed by atoms with Crippen molar-refractivity contribution < 1.29 is 4.74 Å². The van der Waals surface area contributed by atoms with Crippen LogP contribution in [0.25, 0.3) is 0 Å². The van der Waals surface area contributed by atoms with Crippen molar-refractivity contribution in [1.82, 2.24) is 9.88 Å². The molecule has 1 fully saturated rings. The molecule has 19 heavy (non-hydrogen) atoms. The van der Waals surface area contributed by atoms with E-state index in [1.807, 2.05) is 11.0 Å². The lowest BCUT2D eigenvalue weighted by molar-refractivity contribution is 0.0674. The minimum atomic E-state index is 0. The summed E-state index contributed by atoms with van der Waals surface area (Å²) in [5.41, 5.74) is 7.03. The molecule has 0 saturated carbocycles. The van der Waals surface area contributed by atoms with Crippen molar-refractivity contribution >= 4 is 41.5 Å². The van der Waals surface area contributed by atoms with Gasteiger partial charge in [-0.3, -0.25) is 4.99 Å². The average Bonchev–Trinajstić information content (AvgIpc) is 2.42. The predicted octanol–water partition coefficient (Wildman–Crippen LogP) is 1.54. The van der Waals surface area contributed by atoms with Crippen molar-refractivity contribution in [2.75, 3.05) is 32.8 Å². The topological polar surface area (TPSA) is 63.7 Å². The Morgan fingerprint density at radius 2 is 2.16 bits per heavy atom. The van der Waals surface area contributed by atoms with Gasteiger partial charge in [0, 0.05) is 25.8 Å². The third-order valence-electron chi connectivity index (χ3n) is 2.80. The van der Waals surface area contributed by atoms with Crippen LogP contribution in [0.5, 0.6) is 0 Å². The lowest BCUT2D eigenvalue weighted by Gasteiger charge is -2.27. The summed E-state index contributed by atoms with van der Waals surface area (Å²) in [4.78, 5) is 10.4. The smallest absolute Gasteiger partial charge is 0.191 e. The maximum absolute atomic E-state index is 5.92. The largest absolute Gasteiger partial charge is 0.378 e. The van der Waals surface area contributed by atoms with Crippen LogP contribution in [0.3, 0.4) is 0 Å². The van der Waals surface area contributed by atoms with Gasteiger partial charge < -0.3 is 15.4 Å². The highest BCUT2D eigenvalue weighted by Crippen LogP contribution is 2.06. The van der Waals surface area contributed by atoms with Gasteiger partial charge in [0.2, 0.25) is 0 Å². The molecule has 1 aliphatic heterocycles. The fourth-order valence-corrected chi connectivity index (χ4v) is 1.86. The molecule has 2 N–H and O–H groups in total. The molecule has 2 rings (SSSR count). The maximum atomic E-state index is 5.92. The minimum Gasteiger partial charge on any atom is -0.378 e. The molecule has 0 atom stereocenters. The third kappa shape index (κ3) is 5.50. The van der Waals surface area contributed by atoms with Crippen molar-refractivity contribution in [3.05, 3.63) is 29.0 Å². The molecule has 1 saturated heterocycles. The number of halogens is 2. The van der Waals surface area contributed by atoms with Crippen LogP contribution in [0.4, 0.5) is 0 Å².